The Morgan fingerprint density at radius 3 is 2.45 bits per heavy atom. The van der Waals surface area contributed by atoms with Crippen molar-refractivity contribution < 1.29 is 17.4 Å². The Hall–Kier alpha value is -2.09. The standard InChI is InChI=1S/C23H29ClN2O4S/c1-17-7-4-12-21(24)22(17)31(28,29)30-20-11-5-8-18(15-20)16-26(14-13-25(2)3)23(27)19-9-6-10-19/h4-5,7-8,11-12,15,19H,6,9-10,13-14,16H2,1-3H3. The lowest BCUT2D eigenvalue weighted by Gasteiger charge is -2.32. The summed E-state index contributed by atoms with van der Waals surface area (Å²) in [5.41, 5.74) is 1.33. The van der Waals surface area contributed by atoms with Crippen molar-refractivity contribution in [3.8, 4) is 5.75 Å². The topological polar surface area (TPSA) is 66.9 Å². The van der Waals surface area contributed by atoms with Crippen LogP contribution in [0.4, 0.5) is 0 Å². The minimum atomic E-state index is -4.09. The van der Waals surface area contributed by atoms with Crippen LogP contribution in [-0.2, 0) is 21.5 Å². The number of hydrogen-bond acceptors (Lipinski definition) is 5. The van der Waals surface area contributed by atoms with Crippen molar-refractivity contribution in [1.82, 2.24) is 9.80 Å². The van der Waals surface area contributed by atoms with E-state index in [2.05, 4.69) is 0 Å². The first-order chi connectivity index (χ1) is 14.7. The van der Waals surface area contributed by atoms with Gasteiger partial charge in [0, 0.05) is 25.6 Å². The molecule has 2 aromatic carbocycles. The zero-order valence-electron chi connectivity index (χ0n) is 18.2. The van der Waals surface area contributed by atoms with Crippen LogP contribution in [0.15, 0.2) is 47.4 Å². The second-order valence-electron chi connectivity index (χ2n) is 8.26. The molecule has 0 unspecified atom stereocenters. The number of hydrogen-bond donors (Lipinski definition) is 0. The Balaban J connectivity index is 1.78. The Kier molecular flexibility index (Phi) is 7.62. The van der Waals surface area contributed by atoms with Gasteiger partial charge in [-0.3, -0.25) is 4.79 Å². The van der Waals surface area contributed by atoms with Crippen LogP contribution in [0.5, 0.6) is 5.75 Å². The van der Waals surface area contributed by atoms with Crippen LogP contribution >= 0.6 is 11.6 Å². The Morgan fingerprint density at radius 2 is 1.84 bits per heavy atom. The van der Waals surface area contributed by atoms with Gasteiger partial charge in [0.1, 0.15) is 10.6 Å². The largest absolute Gasteiger partial charge is 0.379 e. The van der Waals surface area contributed by atoms with Gasteiger partial charge in [-0.15, -0.1) is 0 Å². The van der Waals surface area contributed by atoms with Gasteiger partial charge < -0.3 is 14.0 Å². The van der Waals surface area contributed by atoms with E-state index >= 15 is 0 Å². The minimum absolute atomic E-state index is 0.0326. The molecule has 8 heteroatoms. The van der Waals surface area contributed by atoms with Gasteiger partial charge in [0.2, 0.25) is 5.91 Å². The maximum atomic E-state index is 12.9. The molecule has 168 valence electrons. The maximum Gasteiger partial charge on any atom is 0.340 e. The molecule has 2 aromatic rings. The monoisotopic (exact) mass is 464 g/mol. The van der Waals surface area contributed by atoms with Crippen LogP contribution < -0.4 is 4.18 Å². The highest BCUT2D eigenvalue weighted by molar-refractivity contribution is 7.87. The smallest absolute Gasteiger partial charge is 0.340 e. The summed E-state index contributed by atoms with van der Waals surface area (Å²) in [5, 5.41) is 0.122. The number of amides is 1. The molecule has 0 spiro atoms. The molecule has 1 amide bonds. The maximum absolute atomic E-state index is 12.9. The van der Waals surface area contributed by atoms with Crippen molar-refractivity contribution in [3.05, 3.63) is 58.6 Å². The Labute approximate surface area is 189 Å². The van der Waals surface area contributed by atoms with Crippen LogP contribution in [-0.4, -0.2) is 51.3 Å². The van der Waals surface area contributed by atoms with Crippen LogP contribution in [0.1, 0.15) is 30.4 Å². The van der Waals surface area contributed by atoms with E-state index < -0.39 is 10.1 Å². The molecule has 0 radical (unpaired) electrons. The number of benzene rings is 2. The van der Waals surface area contributed by atoms with E-state index in [0.29, 0.717) is 18.7 Å². The zero-order chi connectivity index (χ0) is 22.6. The van der Waals surface area contributed by atoms with Gasteiger partial charge >= 0.3 is 10.1 Å². The lowest BCUT2D eigenvalue weighted by Crippen LogP contribution is -2.41. The fraction of sp³-hybridized carbons (Fsp3) is 0.435. The predicted molar refractivity (Wildman–Crippen MR) is 122 cm³/mol. The molecule has 3 rings (SSSR count). The molecule has 0 aliphatic heterocycles. The van der Waals surface area contributed by atoms with E-state index in [-0.39, 0.29) is 27.5 Å². The highest BCUT2D eigenvalue weighted by atomic mass is 35.5. The first-order valence-corrected chi connectivity index (χ1v) is 12.2. The molecular weight excluding hydrogens is 436 g/mol. The van der Waals surface area contributed by atoms with Crippen molar-refractivity contribution in [2.45, 2.75) is 37.6 Å². The van der Waals surface area contributed by atoms with E-state index in [4.69, 9.17) is 15.8 Å². The summed E-state index contributed by atoms with van der Waals surface area (Å²) in [6.45, 7) is 3.46. The van der Waals surface area contributed by atoms with Crippen molar-refractivity contribution in [2.75, 3.05) is 27.2 Å². The molecule has 0 heterocycles. The number of carbonyl (C=O) groups is 1. The lowest BCUT2D eigenvalue weighted by atomic mass is 9.84. The van der Waals surface area contributed by atoms with Crippen molar-refractivity contribution in [2.24, 2.45) is 5.92 Å². The molecular formula is C23H29ClN2O4S. The summed E-state index contributed by atoms with van der Waals surface area (Å²) in [7, 11) is -0.137. The third-order valence-electron chi connectivity index (χ3n) is 5.47. The van der Waals surface area contributed by atoms with Crippen molar-refractivity contribution in [3.63, 3.8) is 0 Å². The number of carbonyl (C=O) groups excluding carboxylic acids is 1. The number of nitrogens with zero attached hydrogens (tertiary/aromatic N) is 2. The van der Waals surface area contributed by atoms with E-state index in [9.17, 15) is 13.2 Å². The number of halogens is 1. The molecule has 1 saturated carbocycles. The fourth-order valence-corrected chi connectivity index (χ4v) is 5.23. The predicted octanol–water partition coefficient (Wildman–Crippen LogP) is 4.11. The summed E-state index contributed by atoms with van der Waals surface area (Å²) in [5.74, 6) is 0.462. The molecule has 0 bridgehead atoms. The van der Waals surface area contributed by atoms with E-state index in [1.807, 2.05) is 30.0 Å². The average Bonchev–Trinajstić information content (AvgIpc) is 2.63. The second kappa shape index (κ2) is 10.0. The molecule has 1 fully saturated rings. The normalized spacial score (nSPS) is 14.4. The number of likely N-dealkylation sites (N-methyl/N-ethyl adjacent to an activating group) is 1. The second-order valence-corrected chi connectivity index (χ2v) is 10.2. The van der Waals surface area contributed by atoms with Gasteiger partial charge in [0.25, 0.3) is 0 Å². The molecule has 0 saturated heterocycles. The molecule has 6 nitrogen and oxygen atoms in total. The zero-order valence-corrected chi connectivity index (χ0v) is 19.7. The highest BCUT2D eigenvalue weighted by Gasteiger charge is 2.29. The lowest BCUT2D eigenvalue weighted by molar-refractivity contribution is -0.139. The SMILES string of the molecule is Cc1cccc(Cl)c1S(=O)(=O)Oc1cccc(CN(CCN(C)C)C(=O)C2CCC2)c1. The van der Waals surface area contributed by atoms with E-state index in [0.717, 1.165) is 31.4 Å². The number of rotatable bonds is 9. The van der Waals surface area contributed by atoms with Crippen LogP contribution in [0.2, 0.25) is 5.02 Å². The van der Waals surface area contributed by atoms with E-state index in [1.165, 1.54) is 6.07 Å². The quantitative estimate of drug-likeness (QED) is 0.522. The fourth-order valence-electron chi connectivity index (χ4n) is 3.52. The molecule has 0 atom stereocenters. The van der Waals surface area contributed by atoms with E-state index in [1.54, 1.807) is 37.3 Å². The van der Waals surface area contributed by atoms with Crippen LogP contribution in [0.3, 0.4) is 0 Å². The molecule has 0 N–H and O–H groups in total. The third kappa shape index (κ3) is 5.99. The summed E-state index contributed by atoms with van der Waals surface area (Å²) >= 11 is 6.12. The van der Waals surface area contributed by atoms with Crippen molar-refractivity contribution in [1.29, 1.82) is 0 Å². The van der Waals surface area contributed by atoms with Gasteiger partial charge in [-0.2, -0.15) is 8.42 Å². The first-order valence-electron chi connectivity index (χ1n) is 10.4. The minimum Gasteiger partial charge on any atom is -0.379 e. The summed E-state index contributed by atoms with van der Waals surface area (Å²) in [6, 6.07) is 11.8. The highest BCUT2D eigenvalue weighted by Crippen LogP contribution is 2.30. The van der Waals surface area contributed by atoms with Crippen molar-refractivity contribution >= 4 is 27.6 Å². The number of aryl methyl sites for hydroxylation is 1. The van der Waals surface area contributed by atoms with Crippen LogP contribution in [0.25, 0.3) is 0 Å². The first kappa shape index (κ1) is 23.6. The molecule has 0 aromatic heterocycles. The van der Waals surface area contributed by atoms with Gasteiger partial charge in [0.05, 0.1) is 5.02 Å². The van der Waals surface area contributed by atoms with Gasteiger partial charge in [0.15, 0.2) is 0 Å². The Morgan fingerprint density at radius 1 is 1.13 bits per heavy atom. The average molecular weight is 465 g/mol. The summed E-state index contributed by atoms with van der Waals surface area (Å²) < 4.78 is 31.0. The van der Waals surface area contributed by atoms with Gasteiger partial charge in [-0.05, 0) is 63.2 Å². The molecule has 31 heavy (non-hydrogen) atoms. The van der Waals surface area contributed by atoms with Gasteiger partial charge in [-0.1, -0.05) is 42.3 Å². The van der Waals surface area contributed by atoms with Gasteiger partial charge in [-0.25, -0.2) is 0 Å². The summed E-state index contributed by atoms with van der Waals surface area (Å²) in [6.07, 6.45) is 2.98. The van der Waals surface area contributed by atoms with Crippen LogP contribution in [0, 0.1) is 12.8 Å². The molecule has 1 aliphatic carbocycles. The molecule has 1 aliphatic rings. The summed E-state index contributed by atoms with van der Waals surface area (Å²) in [4.78, 5) is 16.7. The third-order valence-corrected chi connectivity index (χ3v) is 7.36. The Bertz CT molecular complexity index is 1020.